The zero-order valence-electron chi connectivity index (χ0n) is 8.72. The van der Waals surface area contributed by atoms with E-state index in [4.69, 9.17) is 11.6 Å². The molecule has 0 aliphatic heterocycles. The number of alkyl halides is 1. The largest absolute Gasteiger partial charge is 0.157 e. The lowest BCUT2D eigenvalue weighted by molar-refractivity contribution is 0.788. The molecule has 0 radical (unpaired) electrons. The van der Waals surface area contributed by atoms with Crippen LogP contribution in [0.2, 0.25) is 5.02 Å². The molecular formula is C12H16BrClS. The summed E-state index contributed by atoms with van der Waals surface area (Å²) in [5.41, 5.74) is 1.37. The lowest BCUT2D eigenvalue weighted by Crippen LogP contribution is -1.84. The summed E-state index contributed by atoms with van der Waals surface area (Å²) >= 11 is 11.3. The zero-order valence-corrected chi connectivity index (χ0v) is 11.9. The van der Waals surface area contributed by atoms with Crippen molar-refractivity contribution < 1.29 is 0 Å². The molecule has 3 heteroatoms. The Balaban J connectivity index is 2.07. The summed E-state index contributed by atoms with van der Waals surface area (Å²) in [4.78, 5) is 0. The van der Waals surface area contributed by atoms with Crippen molar-refractivity contribution in [1.29, 1.82) is 0 Å². The molecule has 0 saturated carbocycles. The fourth-order valence-electron chi connectivity index (χ4n) is 1.25. The molecule has 0 aromatic heterocycles. The number of rotatable bonds is 7. The minimum absolute atomic E-state index is 0.820. The highest BCUT2D eigenvalue weighted by atomic mass is 79.9. The summed E-state index contributed by atoms with van der Waals surface area (Å²) in [6.07, 6.45) is 3.95. The minimum atomic E-state index is 0.820. The van der Waals surface area contributed by atoms with Crippen LogP contribution >= 0.6 is 39.3 Å². The van der Waals surface area contributed by atoms with E-state index in [1.807, 2.05) is 23.9 Å². The molecule has 1 rings (SSSR count). The molecule has 0 aliphatic carbocycles. The molecule has 0 unspecified atom stereocenters. The van der Waals surface area contributed by atoms with Gasteiger partial charge in [0, 0.05) is 16.1 Å². The van der Waals surface area contributed by atoms with Crippen molar-refractivity contribution in [1.82, 2.24) is 0 Å². The van der Waals surface area contributed by atoms with Gasteiger partial charge in [0.2, 0.25) is 0 Å². The van der Waals surface area contributed by atoms with Crippen molar-refractivity contribution >= 4 is 39.3 Å². The molecule has 0 atom stereocenters. The second-order valence-corrected chi connectivity index (χ2v) is 5.76. The first-order valence-electron chi connectivity index (χ1n) is 5.21. The Hall–Kier alpha value is 0.340. The van der Waals surface area contributed by atoms with Crippen molar-refractivity contribution in [3.05, 3.63) is 34.9 Å². The summed E-state index contributed by atoms with van der Waals surface area (Å²) in [5.74, 6) is 2.36. The summed E-state index contributed by atoms with van der Waals surface area (Å²) in [6, 6.07) is 8.13. The van der Waals surface area contributed by atoms with E-state index in [9.17, 15) is 0 Å². The molecular weight excluding hydrogens is 292 g/mol. The van der Waals surface area contributed by atoms with Crippen LogP contribution in [0.25, 0.3) is 0 Å². The zero-order chi connectivity index (χ0) is 10.9. The van der Waals surface area contributed by atoms with Crippen LogP contribution in [0.1, 0.15) is 24.8 Å². The number of unbranched alkanes of at least 4 members (excludes halogenated alkanes) is 2. The lowest BCUT2D eigenvalue weighted by atomic mass is 10.2. The highest BCUT2D eigenvalue weighted by Gasteiger charge is 1.94. The average molecular weight is 308 g/mol. The number of hydrogen-bond donors (Lipinski definition) is 0. The van der Waals surface area contributed by atoms with Crippen LogP contribution in [0.5, 0.6) is 0 Å². The Morgan fingerprint density at radius 1 is 1.07 bits per heavy atom. The van der Waals surface area contributed by atoms with E-state index in [2.05, 4.69) is 28.1 Å². The predicted octanol–water partition coefficient (Wildman–Crippen LogP) is 5.14. The van der Waals surface area contributed by atoms with E-state index in [-0.39, 0.29) is 0 Å². The second-order valence-electron chi connectivity index (χ2n) is 3.43. The van der Waals surface area contributed by atoms with E-state index in [1.54, 1.807) is 0 Å². The Kier molecular flexibility index (Phi) is 7.58. The molecule has 84 valence electrons. The summed E-state index contributed by atoms with van der Waals surface area (Å²) in [5, 5.41) is 1.95. The molecule has 0 amide bonds. The maximum atomic E-state index is 5.82. The summed E-state index contributed by atoms with van der Waals surface area (Å²) in [6.45, 7) is 0. The summed E-state index contributed by atoms with van der Waals surface area (Å²) < 4.78 is 0. The van der Waals surface area contributed by atoms with E-state index >= 15 is 0 Å². The quantitative estimate of drug-likeness (QED) is 0.496. The molecule has 15 heavy (non-hydrogen) atoms. The van der Waals surface area contributed by atoms with Crippen LogP contribution in [0.3, 0.4) is 0 Å². The summed E-state index contributed by atoms with van der Waals surface area (Å²) in [7, 11) is 0. The number of benzene rings is 1. The van der Waals surface area contributed by atoms with Crippen LogP contribution in [-0.4, -0.2) is 11.1 Å². The van der Waals surface area contributed by atoms with E-state index in [0.29, 0.717) is 0 Å². The van der Waals surface area contributed by atoms with Gasteiger partial charge in [0.25, 0.3) is 0 Å². The fourth-order valence-corrected chi connectivity index (χ4v) is 2.75. The van der Waals surface area contributed by atoms with Gasteiger partial charge < -0.3 is 0 Å². The first-order valence-corrected chi connectivity index (χ1v) is 7.86. The molecule has 0 saturated heterocycles. The topological polar surface area (TPSA) is 0 Å². The molecule has 0 N–H and O–H groups in total. The maximum Gasteiger partial charge on any atom is 0.0406 e. The van der Waals surface area contributed by atoms with Gasteiger partial charge in [0.15, 0.2) is 0 Å². The van der Waals surface area contributed by atoms with Gasteiger partial charge in [-0.15, -0.1) is 0 Å². The maximum absolute atomic E-state index is 5.82. The number of halogens is 2. The third-order valence-electron chi connectivity index (χ3n) is 2.10. The molecule has 0 bridgehead atoms. The van der Waals surface area contributed by atoms with Gasteiger partial charge in [0.1, 0.15) is 0 Å². The van der Waals surface area contributed by atoms with Crippen molar-refractivity contribution in [3.63, 3.8) is 0 Å². The molecule has 0 nitrogen and oxygen atoms in total. The molecule has 0 aliphatic rings. The molecule has 1 aromatic rings. The minimum Gasteiger partial charge on any atom is -0.157 e. The van der Waals surface area contributed by atoms with E-state index < -0.39 is 0 Å². The SMILES string of the molecule is Clc1ccc(CSCCCCCBr)cc1. The molecule has 1 aromatic carbocycles. The highest BCUT2D eigenvalue weighted by Crippen LogP contribution is 2.16. The Bertz CT molecular complexity index is 261. The predicted molar refractivity (Wildman–Crippen MR) is 75.3 cm³/mol. The van der Waals surface area contributed by atoms with Gasteiger partial charge >= 0.3 is 0 Å². The highest BCUT2D eigenvalue weighted by molar-refractivity contribution is 9.09. The first kappa shape index (κ1) is 13.4. The molecule has 0 spiro atoms. The number of thioether (sulfide) groups is 1. The van der Waals surface area contributed by atoms with Gasteiger partial charge in [-0.2, -0.15) is 11.8 Å². The Morgan fingerprint density at radius 2 is 1.80 bits per heavy atom. The first-order chi connectivity index (χ1) is 7.33. The third-order valence-corrected chi connectivity index (χ3v) is 4.03. The third kappa shape index (κ3) is 6.49. The van der Waals surface area contributed by atoms with E-state index in [0.717, 1.165) is 16.1 Å². The van der Waals surface area contributed by atoms with E-state index in [1.165, 1.54) is 30.6 Å². The number of hydrogen-bond acceptors (Lipinski definition) is 1. The van der Waals surface area contributed by atoms with Crippen molar-refractivity contribution in [3.8, 4) is 0 Å². The normalized spacial score (nSPS) is 10.5. The second kappa shape index (κ2) is 8.49. The molecule has 0 heterocycles. The Morgan fingerprint density at radius 3 is 2.47 bits per heavy atom. The smallest absolute Gasteiger partial charge is 0.0406 e. The molecule has 0 fully saturated rings. The van der Waals surface area contributed by atoms with Crippen LogP contribution < -0.4 is 0 Å². The van der Waals surface area contributed by atoms with Crippen LogP contribution in [0.4, 0.5) is 0 Å². The van der Waals surface area contributed by atoms with Gasteiger partial charge in [-0.25, -0.2) is 0 Å². The van der Waals surface area contributed by atoms with Crippen molar-refractivity contribution in [2.24, 2.45) is 0 Å². The van der Waals surface area contributed by atoms with Crippen LogP contribution in [0.15, 0.2) is 24.3 Å². The van der Waals surface area contributed by atoms with Crippen molar-refractivity contribution in [2.75, 3.05) is 11.1 Å². The fraction of sp³-hybridized carbons (Fsp3) is 0.500. The standard InChI is InChI=1S/C12H16BrClS/c13-8-2-1-3-9-15-10-11-4-6-12(14)7-5-11/h4-7H,1-3,8-10H2. The Labute approximate surface area is 110 Å². The average Bonchev–Trinajstić information content (AvgIpc) is 2.26. The monoisotopic (exact) mass is 306 g/mol. The van der Waals surface area contributed by atoms with Crippen molar-refractivity contribution in [2.45, 2.75) is 25.0 Å². The van der Waals surface area contributed by atoms with Crippen LogP contribution in [0, 0.1) is 0 Å². The van der Waals surface area contributed by atoms with Gasteiger partial charge in [0.05, 0.1) is 0 Å². The van der Waals surface area contributed by atoms with Gasteiger partial charge in [-0.05, 0) is 36.3 Å². The lowest BCUT2D eigenvalue weighted by Gasteiger charge is -2.01. The van der Waals surface area contributed by atoms with Gasteiger partial charge in [-0.1, -0.05) is 46.1 Å². The van der Waals surface area contributed by atoms with Gasteiger partial charge in [-0.3, -0.25) is 0 Å². The van der Waals surface area contributed by atoms with Crippen LogP contribution in [-0.2, 0) is 5.75 Å².